The average molecular weight is 489 g/mol. The lowest BCUT2D eigenvalue weighted by Gasteiger charge is -2.36. The van der Waals surface area contributed by atoms with Gasteiger partial charge in [-0.15, -0.1) is 5.10 Å². The molecule has 2 aromatic carbocycles. The summed E-state index contributed by atoms with van der Waals surface area (Å²) >= 11 is 0. The van der Waals surface area contributed by atoms with Crippen LogP contribution in [0.15, 0.2) is 47.3 Å². The van der Waals surface area contributed by atoms with Crippen molar-refractivity contribution in [1.82, 2.24) is 30.1 Å². The fourth-order valence-electron chi connectivity index (χ4n) is 5.20. The molecule has 1 fully saturated rings. The van der Waals surface area contributed by atoms with Gasteiger partial charge in [-0.1, -0.05) is 19.1 Å². The van der Waals surface area contributed by atoms with Crippen molar-refractivity contribution in [2.24, 2.45) is 5.92 Å². The molecular weight excluding hydrogens is 460 g/mol. The number of methoxy groups -OCH3 is 1. The quantitative estimate of drug-likeness (QED) is 0.441. The molecule has 2 aliphatic rings. The first-order chi connectivity index (χ1) is 17.6. The summed E-state index contributed by atoms with van der Waals surface area (Å²) in [5.41, 5.74) is 2.19. The summed E-state index contributed by atoms with van der Waals surface area (Å²) in [6, 6.07) is 13.1. The lowest BCUT2D eigenvalue weighted by atomic mass is 9.95. The van der Waals surface area contributed by atoms with Gasteiger partial charge < -0.3 is 19.2 Å². The highest BCUT2D eigenvalue weighted by atomic mass is 16.7. The molecule has 2 unspecified atom stereocenters. The topological polar surface area (TPSA) is 107 Å². The zero-order valence-corrected chi connectivity index (χ0v) is 20.3. The molecule has 2 aromatic heterocycles. The molecule has 2 atom stereocenters. The number of benzene rings is 2. The average Bonchev–Trinajstić information content (AvgIpc) is 3.53. The van der Waals surface area contributed by atoms with E-state index in [9.17, 15) is 4.79 Å². The Kier molecular flexibility index (Phi) is 5.80. The lowest BCUT2D eigenvalue weighted by Crippen LogP contribution is -2.41. The number of piperidine rings is 1. The summed E-state index contributed by atoms with van der Waals surface area (Å²) in [7, 11) is 1.65. The van der Waals surface area contributed by atoms with Crippen molar-refractivity contribution in [2.75, 3.05) is 27.0 Å². The van der Waals surface area contributed by atoms with Gasteiger partial charge in [0.1, 0.15) is 11.8 Å². The second kappa shape index (κ2) is 9.27. The van der Waals surface area contributed by atoms with Gasteiger partial charge in [0.2, 0.25) is 6.79 Å². The van der Waals surface area contributed by atoms with E-state index >= 15 is 0 Å². The van der Waals surface area contributed by atoms with Crippen molar-refractivity contribution < 1.29 is 14.2 Å². The van der Waals surface area contributed by atoms with E-state index in [1.807, 2.05) is 42.5 Å². The van der Waals surface area contributed by atoms with Gasteiger partial charge in [0.15, 0.2) is 17.3 Å². The fraction of sp³-hybridized carbons (Fsp3) is 0.385. The molecule has 1 N–H and O–H groups in total. The number of nitrogens with one attached hydrogen (secondary N) is 1. The molecule has 4 aromatic rings. The number of aromatic nitrogens is 5. The molecule has 0 saturated carbocycles. The number of rotatable bonds is 6. The van der Waals surface area contributed by atoms with E-state index in [0.717, 1.165) is 42.6 Å². The van der Waals surface area contributed by atoms with Crippen LogP contribution in [0, 0.1) is 5.92 Å². The molecule has 0 amide bonds. The van der Waals surface area contributed by atoms with E-state index in [4.69, 9.17) is 14.2 Å². The monoisotopic (exact) mass is 488 g/mol. The zero-order valence-electron chi connectivity index (χ0n) is 20.3. The predicted molar refractivity (Wildman–Crippen MR) is 132 cm³/mol. The number of nitrogens with zero attached hydrogens (tertiary/aromatic N) is 5. The van der Waals surface area contributed by atoms with Crippen molar-refractivity contribution in [1.29, 1.82) is 0 Å². The van der Waals surface area contributed by atoms with Crippen molar-refractivity contribution in [3.05, 3.63) is 69.8 Å². The number of tetrazole rings is 1. The summed E-state index contributed by atoms with van der Waals surface area (Å²) in [6.07, 6.45) is 2.22. The highest BCUT2D eigenvalue weighted by Crippen LogP contribution is 2.37. The Morgan fingerprint density at radius 1 is 1.17 bits per heavy atom. The molecule has 0 spiro atoms. The van der Waals surface area contributed by atoms with Crippen molar-refractivity contribution in [3.8, 4) is 17.2 Å². The number of likely N-dealkylation sites (tertiary alicyclic amines) is 1. The maximum atomic E-state index is 13.5. The maximum Gasteiger partial charge on any atom is 0.253 e. The minimum Gasteiger partial charge on any atom is -0.497 e. The number of fused-ring (bicyclic) bond motifs is 2. The molecule has 10 heteroatoms. The molecule has 186 valence electrons. The molecule has 0 radical (unpaired) electrons. The summed E-state index contributed by atoms with van der Waals surface area (Å²) in [6.45, 7) is 4.63. The third kappa shape index (κ3) is 4.17. The van der Waals surface area contributed by atoms with Crippen LogP contribution in [0.1, 0.15) is 42.8 Å². The number of ether oxygens (including phenoxy) is 3. The van der Waals surface area contributed by atoms with Crippen LogP contribution >= 0.6 is 0 Å². The van der Waals surface area contributed by atoms with Gasteiger partial charge in [0.05, 0.1) is 19.2 Å². The fourth-order valence-corrected chi connectivity index (χ4v) is 5.20. The van der Waals surface area contributed by atoms with Crippen LogP contribution < -0.4 is 19.8 Å². The van der Waals surface area contributed by atoms with E-state index in [1.165, 1.54) is 0 Å². The molecule has 6 rings (SSSR count). The Labute approximate surface area is 207 Å². The third-order valence-corrected chi connectivity index (χ3v) is 7.01. The van der Waals surface area contributed by atoms with E-state index in [0.29, 0.717) is 40.9 Å². The molecule has 0 bridgehead atoms. The van der Waals surface area contributed by atoms with Gasteiger partial charge in [-0.05, 0) is 65.6 Å². The minimum atomic E-state index is -0.389. The number of aromatic amines is 1. The van der Waals surface area contributed by atoms with Gasteiger partial charge in [0, 0.05) is 23.6 Å². The normalized spacial score (nSPS) is 18.4. The molecular formula is C26H28N6O4. The van der Waals surface area contributed by atoms with Gasteiger partial charge in [-0.3, -0.25) is 9.69 Å². The first-order valence-electron chi connectivity index (χ1n) is 12.2. The summed E-state index contributed by atoms with van der Waals surface area (Å²) < 4.78 is 18.1. The van der Waals surface area contributed by atoms with E-state index in [-0.39, 0.29) is 18.4 Å². The Morgan fingerprint density at radius 2 is 1.97 bits per heavy atom. The van der Waals surface area contributed by atoms with Crippen LogP contribution in [-0.4, -0.2) is 57.1 Å². The number of hydrogen-bond donors (Lipinski definition) is 1. The van der Waals surface area contributed by atoms with Gasteiger partial charge >= 0.3 is 0 Å². The van der Waals surface area contributed by atoms with Crippen LogP contribution in [0.2, 0.25) is 0 Å². The molecule has 0 aliphatic carbocycles. The van der Waals surface area contributed by atoms with Crippen molar-refractivity contribution in [3.63, 3.8) is 0 Å². The SMILES string of the molecule is COc1ccc(Cn2nnnc2C(c2cc3cc4c(cc3[nH]c2=O)OCO4)N2CCCC(C)C2)cc1. The third-order valence-electron chi connectivity index (χ3n) is 7.01. The Hall–Kier alpha value is -3.92. The molecule has 10 nitrogen and oxygen atoms in total. The number of pyridine rings is 1. The zero-order chi connectivity index (χ0) is 24.6. The first kappa shape index (κ1) is 22.5. The van der Waals surface area contributed by atoms with Gasteiger partial charge in [0.25, 0.3) is 5.56 Å². The van der Waals surface area contributed by atoms with Crippen LogP contribution in [0.3, 0.4) is 0 Å². The second-order valence-electron chi connectivity index (χ2n) is 9.53. The summed E-state index contributed by atoms with van der Waals surface area (Å²) in [4.78, 5) is 18.9. The molecule has 4 heterocycles. The van der Waals surface area contributed by atoms with E-state index < -0.39 is 0 Å². The van der Waals surface area contributed by atoms with E-state index in [1.54, 1.807) is 11.8 Å². The van der Waals surface area contributed by atoms with Crippen LogP contribution in [0.5, 0.6) is 17.2 Å². The maximum absolute atomic E-state index is 13.5. The standard InChI is InChI=1S/C26H28N6O4/c1-16-4-3-9-31(13-16)24(25-28-29-30-32(25)14-17-5-7-19(34-2)8-6-17)20-10-18-11-22-23(36-15-35-22)12-21(18)27-26(20)33/h5-8,10-12,16,24H,3-4,9,13-15H2,1-2H3,(H,27,33). The predicted octanol–water partition coefficient (Wildman–Crippen LogP) is 3.12. The van der Waals surface area contributed by atoms with Crippen LogP contribution in [-0.2, 0) is 6.54 Å². The largest absolute Gasteiger partial charge is 0.497 e. The van der Waals surface area contributed by atoms with Crippen LogP contribution in [0.25, 0.3) is 10.9 Å². The molecule has 1 saturated heterocycles. The van der Waals surface area contributed by atoms with E-state index in [2.05, 4.69) is 32.3 Å². The Morgan fingerprint density at radius 3 is 2.75 bits per heavy atom. The Bertz CT molecular complexity index is 1450. The molecule has 2 aliphatic heterocycles. The summed E-state index contributed by atoms with van der Waals surface area (Å²) in [5.74, 6) is 3.26. The van der Waals surface area contributed by atoms with Gasteiger partial charge in [-0.25, -0.2) is 4.68 Å². The van der Waals surface area contributed by atoms with Crippen molar-refractivity contribution >= 4 is 10.9 Å². The van der Waals surface area contributed by atoms with Crippen LogP contribution in [0.4, 0.5) is 0 Å². The second-order valence-corrected chi connectivity index (χ2v) is 9.53. The minimum absolute atomic E-state index is 0.163. The Balaban J connectivity index is 1.44. The highest BCUT2D eigenvalue weighted by molar-refractivity contribution is 5.83. The highest BCUT2D eigenvalue weighted by Gasteiger charge is 2.33. The molecule has 36 heavy (non-hydrogen) atoms. The number of hydrogen-bond acceptors (Lipinski definition) is 8. The lowest BCUT2D eigenvalue weighted by molar-refractivity contribution is 0.141. The number of H-pyrrole nitrogens is 1. The smallest absolute Gasteiger partial charge is 0.253 e. The first-order valence-corrected chi connectivity index (χ1v) is 12.2. The van der Waals surface area contributed by atoms with Crippen molar-refractivity contribution in [2.45, 2.75) is 32.4 Å². The summed E-state index contributed by atoms with van der Waals surface area (Å²) in [5, 5.41) is 13.6. The van der Waals surface area contributed by atoms with Gasteiger partial charge in [-0.2, -0.15) is 0 Å².